The standard InChI is InChI=1S/C21H26N2O4/c1-21(2,3)27-15-11-9-14(10-12-15)13-18(22-4)19(24)23-17-8-6-5-7-16(17)20(25)26/h5-12,18,22H,13H2,1-4H3,(H,23,24)(H,25,26)/t18-/m0/s1. The molecule has 27 heavy (non-hydrogen) atoms. The Balaban J connectivity index is 2.06. The number of rotatable bonds is 7. The molecule has 0 spiro atoms. The van der Waals surface area contributed by atoms with Crippen molar-refractivity contribution in [2.24, 2.45) is 0 Å². The van der Waals surface area contributed by atoms with Crippen molar-refractivity contribution in [3.63, 3.8) is 0 Å². The molecule has 1 atom stereocenters. The molecule has 0 saturated carbocycles. The summed E-state index contributed by atoms with van der Waals surface area (Å²) in [5.74, 6) is -0.602. The Morgan fingerprint density at radius 1 is 1.07 bits per heavy atom. The van der Waals surface area contributed by atoms with Crippen LogP contribution in [0.5, 0.6) is 5.75 Å². The fourth-order valence-electron chi connectivity index (χ4n) is 2.61. The zero-order valence-electron chi connectivity index (χ0n) is 16.1. The molecule has 0 heterocycles. The van der Waals surface area contributed by atoms with Gasteiger partial charge < -0.3 is 20.5 Å². The number of likely N-dealkylation sites (N-methyl/N-ethyl adjacent to an activating group) is 1. The highest BCUT2D eigenvalue weighted by Crippen LogP contribution is 2.20. The molecule has 0 radical (unpaired) electrons. The van der Waals surface area contributed by atoms with Gasteiger partial charge in [-0.3, -0.25) is 4.79 Å². The van der Waals surface area contributed by atoms with E-state index in [0.29, 0.717) is 6.42 Å². The topological polar surface area (TPSA) is 87.7 Å². The molecule has 0 unspecified atom stereocenters. The minimum Gasteiger partial charge on any atom is -0.488 e. The van der Waals surface area contributed by atoms with E-state index in [-0.39, 0.29) is 22.8 Å². The third kappa shape index (κ3) is 6.11. The van der Waals surface area contributed by atoms with E-state index in [0.717, 1.165) is 11.3 Å². The van der Waals surface area contributed by atoms with Gasteiger partial charge >= 0.3 is 5.97 Å². The van der Waals surface area contributed by atoms with E-state index in [4.69, 9.17) is 4.74 Å². The number of carboxylic acids is 1. The summed E-state index contributed by atoms with van der Waals surface area (Å²) in [6.07, 6.45) is 0.466. The Hall–Kier alpha value is -2.86. The Bertz CT molecular complexity index is 795. The molecule has 0 saturated heterocycles. The molecule has 144 valence electrons. The Morgan fingerprint density at radius 3 is 2.26 bits per heavy atom. The number of hydrogen-bond acceptors (Lipinski definition) is 4. The number of anilines is 1. The second-order valence-corrected chi connectivity index (χ2v) is 7.24. The summed E-state index contributed by atoms with van der Waals surface area (Å²) in [6, 6.07) is 13.4. The van der Waals surface area contributed by atoms with E-state index in [1.807, 2.05) is 45.0 Å². The van der Waals surface area contributed by atoms with Crippen LogP contribution in [0.2, 0.25) is 0 Å². The largest absolute Gasteiger partial charge is 0.488 e. The third-order valence-electron chi connectivity index (χ3n) is 3.87. The Kier molecular flexibility index (Phi) is 6.58. The zero-order valence-corrected chi connectivity index (χ0v) is 16.1. The number of hydrogen-bond donors (Lipinski definition) is 3. The van der Waals surface area contributed by atoms with E-state index in [1.165, 1.54) is 6.07 Å². The molecule has 0 bridgehead atoms. The van der Waals surface area contributed by atoms with Crippen LogP contribution in [0.25, 0.3) is 0 Å². The SMILES string of the molecule is CN[C@@H](Cc1ccc(OC(C)(C)C)cc1)C(=O)Nc1ccccc1C(=O)O. The predicted octanol–water partition coefficient (Wildman–Crippen LogP) is 3.33. The summed E-state index contributed by atoms with van der Waals surface area (Å²) in [5, 5.41) is 14.9. The van der Waals surface area contributed by atoms with Crippen molar-refractivity contribution in [2.45, 2.75) is 38.8 Å². The van der Waals surface area contributed by atoms with Crippen molar-refractivity contribution in [1.82, 2.24) is 5.32 Å². The number of carbonyl (C=O) groups excluding carboxylic acids is 1. The van der Waals surface area contributed by atoms with E-state index >= 15 is 0 Å². The fourth-order valence-corrected chi connectivity index (χ4v) is 2.61. The van der Waals surface area contributed by atoms with Crippen LogP contribution in [0.4, 0.5) is 5.69 Å². The summed E-state index contributed by atoms with van der Waals surface area (Å²) < 4.78 is 5.80. The number of para-hydroxylation sites is 1. The molecule has 3 N–H and O–H groups in total. The van der Waals surface area contributed by atoms with Crippen molar-refractivity contribution in [3.8, 4) is 5.75 Å². The number of carbonyl (C=O) groups is 2. The minimum atomic E-state index is -1.08. The van der Waals surface area contributed by atoms with Gasteiger partial charge in [0.25, 0.3) is 0 Å². The highest BCUT2D eigenvalue weighted by Gasteiger charge is 2.20. The van der Waals surface area contributed by atoms with Gasteiger partial charge in [-0.2, -0.15) is 0 Å². The van der Waals surface area contributed by atoms with Crippen LogP contribution in [0.3, 0.4) is 0 Å². The minimum absolute atomic E-state index is 0.0596. The lowest BCUT2D eigenvalue weighted by Gasteiger charge is -2.21. The molecule has 1 amide bonds. The summed E-state index contributed by atoms with van der Waals surface area (Å²) in [5.41, 5.74) is 1.04. The second kappa shape index (κ2) is 8.68. The molecule has 0 fully saturated rings. The second-order valence-electron chi connectivity index (χ2n) is 7.24. The lowest BCUT2D eigenvalue weighted by Crippen LogP contribution is -2.40. The molecule has 0 aliphatic heterocycles. The Labute approximate surface area is 159 Å². The first-order chi connectivity index (χ1) is 12.7. The van der Waals surface area contributed by atoms with Crippen LogP contribution < -0.4 is 15.4 Å². The average molecular weight is 370 g/mol. The number of benzene rings is 2. The lowest BCUT2D eigenvalue weighted by atomic mass is 10.0. The van der Waals surface area contributed by atoms with Crippen molar-refractivity contribution < 1.29 is 19.4 Å². The highest BCUT2D eigenvalue weighted by atomic mass is 16.5. The van der Waals surface area contributed by atoms with E-state index in [2.05, 4.69) is 10.6 Å². The van der Waals surface area contributed by atoms with Crippen molar-refractivity contribution >= 4 is 17.6 Å². The smallest absolute Gasteiger partial charge is 0.337 e. The van der Waals surface area contributed by atoms with Crippen LogP contribution in [-0.4, -0.2) is 35.7 Å². The monoisotopic (exact) mass is 370 g/mol. The third-order valence-corrected chi connectivity index (χ3v) is 3.87. The van der Waals surface area contributed by atoms with Gasteiger partial charge in [0.05, 0.1) is 17.3 Å². The molecule has 2 aromatic carbocycles. The van der Waals surface area contributed by atoms with Crippen LogP contribution in [0, 0.1) is 0 Å². The van der Waals surface area contributed by atoms with Crippen LogP contribution in [0.1, 0.15) is 36.7 Å². The normalized spacial score (nSPS) is 12.3. The first kappa shape index (κ1) is 20.5. The molecule has 0 aromatic heterocycles. The predicted molar refractivity (Wildman–Crippen MR) is 105 cm³/mol. The van der Waals surface area contributed by atoms with E-state index in [1.54, 1.807) is 25.2 Å². The summed E-state index contributed by atoms with van der Waals surface area (Å²) >= 11 is 0. The van der Waals surface area contributed by atoms with Gasteiger partial charge in [0, 0.05) is 0 Å². The van der Waals surface area contributed by atoms with Crippen LogP contribution in [-0.2, 0) is 11.2 Å². The van der Waals surface area contributed by atoms with E-state index < -0.39 is 12.0 Å². The molecule has 6 nitrogen and oxygen atoms in total. The van der Waals surface area contributed by atoms with Crippen molar-refractivity contribution in [1.29, 1.82) is 0 Å². The van der Waals surface area contributed by atoms with Crippen molar-refractivity contribution in [3.05, 3.63) is 59.7 Å². The summed E-state index contributed by atoms with van der Waals surface area (Å²) in [7, 11) is 1.70. The molecule has 0 aliphatic carbocycles. The number of aromatic carboxylic acids is 1. The number of carboxylic acid groups (broad SMARTS) is 1. The number of amides is 1. The van der Waals surface area contributed by atoms with Gasteiger partial charge in [0.2, 0.25) is 5.91 Å². The number of ether oxygens (including phenoxy) is 1. The quantitative estimate of drug-likeness (QED) is 0.696. The molecule has 2 rings (SSSR count). The van der Waals surface area contributed by atoms with E-state index in [9.17, 15) is 14.7 Å². The first-order valence-corrected chi connectivity index (χ1v) is 8.78. The summed E-state index contributed by atoms with van der Waals surface area (Å²) in [4.78, 5) is 23.9. The maximum Gasteiger partial charge on any atom is 0.337 e. The molecule has 0 aliphatic rings. The van der Waals surface area contributed by atoms with Crippen LogP contribution in [0.15, 0.2) is 48.5 Å². The molecular weight excluding hydrogens is 344 g/mol. The Morgan fingerprint density at radius 2 is 1.70 bits per heavy atom. The zero-order chi connectivity index (χ0) is 20.0. The van der Waals surface area contributed by atoms with Gasteiger partial charge in [-0.15, -0.1) is 0 Å². The lowest BCUT2D eigenvalue weighted by molar-refractivity contribution is -0.118. The van der Waals surface area contributed by atoms with Crippen molar-refractivity contribution in [2.75, 3.05) is 12.4 Å². The molecular formula is C21H26N2O4. The van der Waals surface area contributed by atoms with Gasteiger partial charge in [0.15, 0.2) is 0 Å². The molecule has 6 heteroatoms. The maximum atomic E-state index is 12.6. The highest BCUT2D eigenvalue weighted by molar-refractivity contribution is 6.02. The van der Waals surface area contributed by atoms with Gasteiger partial charge in [0.1, 0.15) is 11.4 Å². The number of nitrogens with one attached hydrogen (secondary N) is 2. The average Bonchev–Trinajstić information content (AvgIpc) is 2.60. The van der Waals surface area contributed by atoms with Gasteiger partial charge in [-0.1, -0.05) is 24.3 Å². The fraction of sp³-hybridized carbons (Fsp3) is 0.333. The summed E-state index contributed by atoms with van der Waals surface area (Å²) in [6.45, 7) is 5.95. The van der Waals surface area contributed by atoms with Gasteiger partial charge in [-0.25, -0.2) is 4.79 Å². The maximum absolute atomic E-state index is 12.6. The van der Waals surface area contributed by atoms with Gasteiger partial charge in [-0.05, 0) is 64.1 Å². The van der Waals surface area contributed by atoms with Crippen LogP contribution >= 0.6 is 0 Å². The first-order valence-electron chi connectivity index (χ1n) is 8.78. The molecule has 2 aromatic rings.